The van der Waals surface area contributed by atoms with Gasteiger partial charge in [-0.2, -0.15) is 0 Å². The fourth-order valence-corrected chi connectivity index (χ4v) is 2.17. The smallest absolute Gasteiger partial charge is 0.310 e. The molecule has 2 aromatic carbocycles. The van der Waals surface area contributed by atoms with E-state index in [2.05, 4.69) is 5.32 Å². The van der Waals surface area contributed by atoms with Gasteiger partial charge >= 0.3 is 5.97 Å². The molecule has 0 bridgehead atoms. The lowest BCUT2D eigenvalue weighted by atomic mass is 10.2. The van der Waals surface area contributed by atoms with Crippen molar-refractivity contribution in [3.63, 3.8) is 0 Å². The molecule has 2 rings (SSSR count). The molecule has 28 heavy (non-hydrogen) atoms. The maximum absolute atomic E-state index is 12.1. The lowest BCUT2D eigenvalue weighted by molar-refractivity contribution is -0.384. The molecule has 0 radical (unpaired) electrons. The number of amides is 1. The number of non-ortho nitro benzene ring substituents is 1. The van der Waals surface area contributed by atoms with Crippen LogP contribution in [-0.4, -0.2) is 36.6 Å². The third-order valence-electron chi connectivity index (χ3n) is 3.64. The standard InChI is InChI=1S/C19H20N2O7/c1-13(19(23)20-14-4-3-5-15(12-14)21(24)25)28-18(22)10-11-27-17-8-6-16(26-2)7-9-17/h3-9,12-13H,10-11H2,1-2H3,(H,20,23)/t13-/m0/s1. The van der Waals surface area contributed by atoms with E-state index in [1.807, 2.05) is 0 Å². The quantitative estimate of drug-likeness (QED) is 0.399. The summed E-state index contributed by atoms with van der Waals surface area (Å²) in [6, 6.07) is 12.3. The minimum absolute atomic E-state index is 0.0412. The molecule has 0 saturated carbocycles. The topological polar surface area (TPSA) is 117 Å². The number of benzene rings is 2. The van der Waals surface area contributed by atoms with Crippen molar-refractivity contribution in [3.05, 3.63) is 58.6 Å². The Morgan fingerprint density at radius 2 is 1.82 bits per heavy atom. The number of nitro benzene ring substituents is 1. The van der Waals surface area contributed by atoms with E-state index in [1.165, 1.54) is 31.2 Å². The first-order valence-electron chi connectivity index (χ1n) is 8.40. The van der Waals surface area contributed by atoms with E-state index in [0.29, 0.717) is 11.5 Å². The van der Waals surface area contributed by atoms with Gasteiger partial charge in [-0.3, -0.25) is 19.7 Å². The minimum atomic E-state index is -1.06. The monoisotopic (exact) mass is 388 g/mol. The van der Waals surface area contributed by atoms with E-state index in [9.17, 15) is 19.7 Å². The van der Waals surface area contributed by atoms with E-state index >= 15 is 0 Å². The van der Waals surface area contributed by atoms with Crippen molar-refractivity contribution in [2.24, 2.45) is 0 Å². The number of carbonyl (C=O) groups excluding carboxylic acids is 2. The van der Waals surface area contributed by atoms with E-state index in [0.717, 1.165) is 0 Å². The van der Waals surface area contributed by atoms with Gasteiger partial charge in [-0.1, -0.05) is 6.07 Å². The Labute approximate surface area is 161 Å². The second kappa shape index (κ2) is 9.91. The highest BCUT2D eigenvalue weighted by molar-refractivity contribution is 5.95. The van der Waals surface area contributed by atoms with Gasteiger partial charge in [-0.15, -0.1) is 0 Å². The number of nitro groups is 1. The zero-order valence-electron chi connectivity index (χ0n) is 15.4. The lowest BCUT2D eigenvalue weighted by Gasteiger charge is -2.14. The van der Waals surface area contributed by atoms with E-state index < -0.39 is 22.9 Å². The summed E-state index contributed by atoms with van der Waals surface area (Å²) < 4.78 is 15.5. The SMILES string of the molecule is COc1ccc(OCCC(=O)O[C@@H](C)C(=O)Nc2cccc([N+](=O)[O-])c2)cc1. The Hall–Kier alpha value is -3.62. The summed E-state index contributed by atoms with van der Waals surface area (Å²) in [5.74, 6) is 0.0699. The second-order valence-electron chi connectivity index (χ2n) is 5.70. The maximum Gasteiger partial charge on any atom is 0.310 e. The molecule has 0 aliphatic rings. The van der Waals surface area contributed by atoms with Crippen molar-refractivity contribution in [1.29, 1.82) is 0 Å². The molecule has 0 heterocycles. The van der Waals surface area contributed by atoms with E-state index in [1.54, 1.807) is 31.4 Å². The van der Waals surface area contributed by atoms with E-state index in [-0.39, 0.29) is 24.4 Å². The van der Waals surface area contributed by atoms with Crippen LogP contribution in [-0.2, 0) is 14.3 Å². The number of nitrogens with zero attached hydrogens (tertiary/aromatic N) is 1. The molecule has 148 valence electrons. The zero-order valence-corrected chi connectivity index (χ0v) is 15.4. The van der Waals surface area contributed by atoms with Gasteiger partial charge in [-0.25, -0.2) is 0 Å². The van der Waals surface area contributed by atoms with Gasteiger partial charge in [0.05, 0.1) is 25.1 Å². The molecule has 9 nitrogen and oxygen atoms in total. The Morgan fingerprint density at radius 3 is 2.46 bits per heavy atom. The van der Waals surface area contributed by atoms with Crippen LogP contribution in [0.15, 0.2) is 48.5 Å². The summed E-state index contributed by atoms with van der Waals surface area (Å²) in [7, 11) is 1.56. The van der Waals surface area contributed by atoms with Crippen LogP contribution < -0.4 is 14.8 Å². The number of nitrogens with one attached hydrogen (secondary N) is 1. The molecular formula is C19H20N2O7. The summed E-state index contributed by atoms with van der Waals surface area (Å²) in [5, 5.41) is 13.2. The molecule has 2 aromatic rings. The first kappa shape index (κ1) is 20.7. The first-order chi connectivity index (χ1) is 13.4. The number of hydrogen-bond acceptors (Lipinski definition) is 7. The molecule has 0 aliphatic carbocycles. The molecule has 0 saturated heterocycles. The van der Waals surface area contributed by atoms with Crippen LogP contribution in [0.4, 0.5) is 11.4 Å². The van der Waals surface area contributed by atoms with Crippen LogP contribution in [0.25, 0.3) is 0 Å². The Kier molecular flexibility index (Phi) is 7.32. The van der Waals surface area contributed by atoms with Crippen molar-refractivity contribution in [2.75, 3.05) is 19.0 Å². The van der Waals surface area contributed by atoms with Crippen LogP contribution in [0, 0.1) is 10.1 Å². The Morgan fingerprint density at radius 1 is 1.14 bits per heavy atom. The first-order valence-corrected chi connectivity index (χ1v) is 8.40. The molecular weight excluding hydrogens is 368 g/mol. The highest BCUT2D eigenvalue weighted by Gasteiger charge is 2.18. The van der Waals surface area contributed by atoms with Crippen LogP contribution in [0.3, 0.4) is 0 Å². The van der Waals surface area contributed by atoms with Crippen molar-refractivity contribution < 1.29 is 28.7 Å². The second-order valence-corrected chi connectivity index (χ2v) is 5.70. The number of ether oxygens (including phenoxy) is 3. The van der Waals surface area contributed by atoms with Gasteiger partial charge in [0.15, 0.2) is 6.10 Å². The van der Waals surface area contributed by atoms with Crippen molar-refractivity contribution >= 4 is 23.3 Å². The van der Waals surface area contributed by atoms with Crippen LogP contribution in [0.5, 0.6) is 11.5 Å². The minimum Gasteiger partial charge on any atom is -0.497 e. The molecule has 0 unspecified atom stereocenters. The fourth-order valence-electron chi connectivity index (χ4n) is 2.17. The Balaban J connectivity index is 1.76. The number of anilines is 1. The Bertz CT molecular complexity index is 836. The summed E-state index contributed by atoms with van der Waals surface area (Å²) in [4.78, 5) is 34.1. The molecule has 1 N–H and O–H groups in total. The average molecular weight is 388 g/mol. The van der Waals surface area contributed by atoms with Gasteiger partial charge in [0.25, 0.3) is 11.6 Å². The predicted octanol–water partition coefficient (Wildman–Crippen LogP) is 2.94. The summed E-state index contributed by atoms with van der Waals surface area (Å²) in [5.41, 5.74) is 0.0862. The number of hydrogen-bond donors (Lipinski definition) is 1. The fraction of sp³-hybridized carbons (Fsp3) is 0.263. The lowest BCUT2D eigenvalue weighted by Crippen LogP contribution is -2.30. The predicted molar refractivity (Wildman–Crippen MR) is 100 cm³/mol. The van der Waals surface area contributed by atoms with Gasteiger partial charge in [0.2, 0.25) is 0 Å². The number of rotatable bonds is 9. The molecule has 0 aliphatic heterocycles. The summed E-state index contributed by atoms with van der Waals surface area (Å²) >= 11 is 0. The third kappa shape index (κ3) is 6.27. The van der Waals surface area contributed by atoms with Crippen LogP contribution >= 0.6 is 0 Å². The molecule has 0 fully saturated rings. The van der Waals surface area contributed by atoms with Gasteiger partial charge < -0.3 is 19.5 Å². The average Bonchev–Trinajstić information content (AvgIpc) is 2.68. The van der Waals surface area contributed by atoms with Crippen molar-refractivity contribution in [1.82, 2.24) is 0 Å². The number of methoxy groups -OCH3 is 1. The van der Waals surface area contributed by atoms with Gasteiger partial charge in [0.1, 0.15) is 11.5 Å². The van der Waals surface area contributed by atoms with Crippen molar-refractivity contribution in [2.45, 2.75) is 19.4 Å². The zero-order chi connectivity index (χ0) is 20.5. The highest BCUT2D eigenvalue weighted by atomic mass is 16.6. The number of esters is 1. The van der Waals surface area contributed by atoms with E-state index in [4.69, 9.17) is 14.2 Å². The normalized spacial score (nSPS) is 11.2. The summed E-state index contributed by atoms with van der Waals surface area (Å²) in [6.45, 7) is 1.50. The van der Waals surface area contributed by atoms with Gasteiger partial charge in [0, 0.05) is 17.8 Å². The molecule has 0 aromatic heterocycles. The number of carbonyl (C=O) groups is 2. The highest BCUT2D eigenvalue weighted by Crippen LogP contribution is 2.18. The van der Waals surface area contributed by atoms with Crippen molar-refractivity contribution in [3.8, 4) is 11.5 Å². The molecule has 0 spiro atoms. The third-order valence-corrected chi connectivity index (χ3v) is 3.64. The molecule has 9 heteroatoms. The van der Waals surface area contributed by atoms with Gasteiger partial charge in [-0.05, 0) is 37.3 Å². The largest absolute Gasteiger partial charge is 0.497 e. The van der Waals surface area contributed by atoms with Crippen LogP contribution in [0.1, 0.15) is 13.3 Å². The maximum atomic E-state index is 12.1. The molecule has 1 atom stereocenters. The summed E-state index contributed by atoms with van der Waals surface area (Å²) in [6.07, 6.45) is -1.10. The van der Waals surface area contributed by atoms with Crippen LogP contribution in [0.2, 0.25) is 0 Å². The molecule has 1 amide bonds.